The molecule has 2 N–H and O–H groups in total. The van der Waals surface area contributed by atoms with E-state index in [4.69, 9.17) is 5.73 Å². The van der Waals surface area contributed by atoms with E-state index in [2.05, 4.69) is 4.98 Å². The van der Waals surface area contributed by atoms with E-state index < -0.39 is 10.0 Å². The van der Waals surface area contributed by atoms with Gasteiger partial charge in [0, 0.05) is 13.6 Å². The molecule has 7 heteroatoms. The zero-order valence-electron chi connectivity index (χ0n) is 11.9. The number of rotatable bonds is 4. The van der Waals surface area contributed by atoms with Crippen molar-refractivity contribution >= 4 is 26.5 Å². The largest absolute Gasteiger partial charge is 0.375 e. The number of anilines is 1. The number of aromatic nitrogens is 1. The molecule has 0 aromatic carbocycles. The second-order valence-electron chi connectivity index (χ2n) is 6.15. The number of thiazole rings is 1. The minimum Gasteiger partial charge on any atom is -0.375 e. The number of aryl methyl sites for hydroxylation is 1. The number of hydrogen-bond donors (Lipinski definition) is 1. The number of sulfonamides is 1. The van der Waals surface area contributed by atoms with E-state index in [9.17, 15) is 8.42 Å². The third kappa shape index (κ3) is 2.35. The second kappa shape index (κ2) is 4.96. The van der Waals surface area contributed by atoms with Crippen LogP contribution >= 0.6 is 11.3 Å². The Balaban J connectivity index is 1.76. The Hall–Kier alpha value is -0.660. The summed E-state index contributed by atoms with van der Waals surface area (Å²) in [6.45, 7) is 2.33. The molecule has 0 aliphatic heterocycles. The van der Waals surface area contributed by atoms with Crippen molar-refractivity contribution in [2.75, 3.05) is 19.3 Å². The van der Waals surface area contributed by atoms with Gasteiger partial charge in [0.2, 0.25) is 0 Å². The van der Waals surface area contributed by atoms with Gasteiger partial charge in [0.25, 0.3) is 10.0 Å². The minimum atomic E-state index is -3.44. The Morgan fingerprint density at radius 1 is 1.40 bits per heavy atom. The first-order valence-corrected chi connectivity index (χ1v) is 9.33. The molecule has 5 nitrogen and oxygen atoms in total. The van der Waals surface area contributed by atoms with Gasteiger partial charge in [-0.15, -0.1) is 0 Å². The van der Waals surface area contributed by atoms with Crippen molar-refractivity contribution in [1.29, 1.82) is 0 Å². The van der Waals surface area contributed by atoms with Crippen LogP contribution in [-0.2, 0) is 10.0 Å². The summed E-state index contributed by atoms with van der Waals surface area (Å²) in [4.78, 5) is 4.02. The topological polar surface area (TPSA) is 76.3 Å². The van der Waals surface area contributed by atoms with Gasteiger partial charge in [0.15, 0.2) is 9.34 Å². The van der Waals surface area contributed by atoms with Crippen LogP contribution in [0.4, 0.5) is 5.13 Å². The summed E-state index contributed by atoms with van der Waals surface area (Å²) in [7, 11) is -1.77. The molecule has 2 bridgehead atoms. The summed E-state index contributed by atoms with van der Waals surface area (Å²) in [5, 5.41) is 0.314. The minimum absolute atomic E-state index is 0.292. The maximum atomic E-state index is 12.6. The fourth-order valence-electron chi connectivity index (χ4n) is 3.81. The molecular weight excluding hydrogens is 294 g/mol. The van der Waals surface area contributed by atoms with Gasteiger partial charge in [0.1, 0.15) is 0 Å². The van der Waals surface area contributed by atoms with Crippen LogP contribution in [0, 0.1) is 24.7 Å². The van der Waals surface area contributed by atoms with Crippen LogP contribution < -0.4 is 5.73 Å². The molecule has 20 heavy (non-hydrogen) atoms. The van der Waals surface area contributed by atoms with E-state index in [1.165, 1.54) is 30.0 Å². The van der Waals surface area contributed by atoms with E-state index in [1.54, 1.807) is 14.0 Å². The molecule has 0 amide bonds. The maximum absolute atomic E-state index is 12.6. The van der Waals surface area contributed by atoms with Gasteiger partial charge in [0.05, 0.1) is 5.69 Å². The molecule has 2 aliphatic carbocycles. The zero-order chi connectivity index (χ0) is 14.5. The van der Waals surface area contributed by atoms with Gasteiger partial charge >= 0.3 is 0 Å². The second-order valence-corrected chi connectivity index (χ2v) is 9.42. The van der Waals surface area contributed by atoms with Crippen LogP contribution in [0.2, 0.25) is 0 Å². The quantitative estimate of drug-likeness (QED) is 0.923. The van der Waals surface area contributed by atoms with E-state index >= 15 is 0 Å². The summed E-state index contributed by atoms with van der Waals surface area (Å²) in [6, 6.07) is 0. The van der Waals surface area contributed by atoms with Crippen molar-refractivity contribution in [2.45, 2.75) is 36.8 Å². The Morgan fingerprint density at radius 2 is 2.15 bits per heavy atom. The highest BCUT2D eigenvalue weighted by atomic mass is 32.2. The Morgan fingerprint density at radius 3 is 2.65 bits per heavy atom. The van der Waals surface area contributed by atoms with Crippen molar-refractivity contribution in [3.05, 3.63) is 5.69 Å². The molecule has 3 unspecified atom stereocenters. The molecular formula is C13H21N3O2S2. The number of nitrogens with zero attached hydrogens (tertiary/aromatic N) is 2. The number of nitrogen functional groups attached to an aromatic ring is 1. The van der Waals surface area contributed by atoms with Crippen molar-refractivity contribution in [2.24, 2.45) is 17.8 Å². The van der Waals surface area contributed by atoms with E-state index in [-0.39, 0.29) is 0 Å². The van der Waals surface area contributed by atoms with E-state index in [0.717, 1.165) is 23.2 Å². The highest BCUT2D eigenvalue weighted by Gasteiger charge is 2.41. The van der Waals surface area contributed by atoms with Gasteiger partial charge in [-0.05, 0) is 43.9 Å². The van der Waals surface area contributed by atoms with Crippen LogP contribution in [0.25, 0.3) is 0 Å². The SMILES string of the molecule is Cc1nc(N)sc1S(=O)(=O)N(C)CC1CC2CCC1C2. The fraction of sp³-hybridized carbons (Fsp3) is 0.769. The first kappa shape index (κ1) is 14.3. The zero-order valence-corrected chi connectivity index (χ0v) is 13.5. The van der Waals surface area contributed by atoms with E-state index in [0.29, 0.717) is 27.5 Å². The van der Waals surface area contributed by atoms with Crippen LogP contribution in [0.15, 0.2) is 4.21 Å². The maximum Gasteiger partial charge on any atom is 0.254 e. The molecule has 2 aliphatic rings. The van der Waals surface area contributed by atoms with Gasteiger partial charge in [-0.2, -0.15) is 4.31 Å². The standard InChI is InChI=1S/C13H21N3O2S2/c1-8-12(19-13(14)15-8)20(17,18)16(2)7-11-6-9-3-4-10(11)5-9/h9-11H,3-7H2,1-2H3,(H2,14,15). The number of hydrogen-bond acceptors (Lipinski definition) is 5. The molecule has 1 aromatic heterocycles. The predicted octanol–water partition coefficient (Wildman–Crippen LogP) is 2.09. The molecule has 0 spiro atoms. The molecule has 1 heterocycles. The smallest absolute Gasteiger partial charge is 0.254 e. The molecule has 2 saturated carbocycles. The lowest BCUT2D eigenvalue weighted by Gasteiger charge is -2.26. The van der Waals surface area contributed by atoms with Gasteiger partial charge in [-0.1, -0.05) is 17.8 Å². The lowest BCUT2D eigenvalue weighted by atomic mass is 9.89. The van der Waals surface area contributed by atoms with Crippen LogP contribution in [-0.4, -0.2) is 31.3 Å². The highest BCUT2D eigenvalue weighted by Crippen LogP contribution is 2.48. The van der Waals surface area contributed by atoms with Crippen molar-refractivity contribution in [3.63, 3.8) is 0 Å². The predicted molar refractivity (Wildman–Crippen MR) is 80.0 cm³/mol. The van der Waals surface area contributed by atoms with Crippen molar-refractivity contribution in [1.82, 2.24) is 9.29 Å². The normalized spacial score (nSPS) is 29.4. The molecule has 3 atom stereocenters. The lowest BCUT2D eigenvalue weighted by Crippen LogP contribution is -2.33. The summed E-state index contributed by atoms with van der Waals surface area (Å²) in [5.74, 6) is 2.09. The molecule has 0 saturated heterocycles. The van der Waals surface area contributed by atoms with Crippen molar-refractivity contribution < 1.29 is 8.42 Å². The van der Waals surface area contributed by atoms with Crippen LogP contribution in [0.5, 0.6) is 0 Å². The van der Waals surface area contributed by atoms with E-state index in [1.807, 2.05) is 0 Å². The Kier molecular flexibility index (Phi) is 3.54. The molecule has 3 rings (SSSR count). The average molecular weight is 315 g/mol. The summed E-state index contributed by atoms with van der Waals surface area (Å²) in [6.07, 6.45) is 5.09. The third-order valence-electron chi connectivity index (χ3n) is 4.79. The number of fused-ring (bicyclic) bond motifs is 2. The summed E-state index contributed by atoms with van der Waals surface area (Å²) >= 11 is 1.06. The Bertz CT molecular complexity index is 611. The highest BCUT2D eigenvalue weighted by molar-refractivity contribution is 7.91. The lowest BCUT2D eigenvalue weighted by molar-refractivity contribution is 0.280. The third-order valence-corrected chi connectivity index (χ3v) is 8.19. The molecule has 1 aromatic rings. The first-order chi connectivity index (χ1) is 9.38. The summed E-state index contributed by atoms with van der Waals surface area (Å²) < 4.78 is 27.0. The Labute approximate surface area is 124 Å². The fourth-order valence-corrected chi connectivity index (χ4v) is 6.53. The summed E-state index contributed by atoms with van der Waals surface area (Å²) in [5.41, 5.74) is 6.12. The average Bonchev–Trinajstić information content (AvgIpc) is 3.04. The van der Waals surface area contributed by atoms with Gasteiger partial charge in [-0.25, -0.2) is 13.4 Å². The van der Waals surface area contributed by atoms with Crippen LogP contribution in [0.1, 0.15) is 31.4 Å². The van der Waals surface area contributed by atoms with Gasteiger partial charge in [-0.3, -0.25) is 0 Å². The first-order valence-electron chi connectivity index (χ1n) is 7.07. The molecule has 0 radical (unpaired) electrons. The number of nitrogens with two attached hydrogens (primary N) is 1. The molecule has 2 fully saturated rings. The van der Waals surface area contributed by atoms with Crippen molar-refractivity contribution in [3.8, 4) is 0 Å². The monoisotopic (exact) mass is 315 g/mol. The van der Waals surface area contributed by atoms with Crippen LogP contribution in [0.3, 0.4) is 0 Å². The molecule has 112 valence electrons. The van der Waals surface area contributed by atoms with Gasteiger partial charge < -0.3 is 5.73 Å².